The van der Waals surface area contributed by atoms with Gasteiger partial charge in [0.05, 0.1) is 12.6 Å². The molecule has 1 unspecified atom stereocenters. The molecule has 0 spiro atoms. The summed E-state index contributed by atoms with van der Waals surface area (Å²) in [6, 6.07) is 5.02. The molecule has 0 radical (unpaired) electrons. The molecule has 0 bridgehead atoms. The Morgan fingerprint density at radius 3 is 2.77 bits per heavy atom. The lowest BCUT2D eigenvalue weighted by Gasteiger charge is -2.35. The maximum absolute atomic E-state index is 12.7. The molecular formula is C18H29N3O. The molecule has 1 saturated heterocycles. The van der Waals surface area contributed by atoms with Crippen molar-refractivity contribution in [2.75, 3.05) is 20.1 Å². The molecule has 1 aliphatic heterocycles. The number of likely N-dealkylation sites (tertiary alicyclic amines) is 1. The number of hydrogen-bond donors (Lipinski definition) is 1. The molecule has 1 amide bonds. The minimum absolute atomic E-state index is 0.290. The third-order valence-electron chi connectivity index (χ3n) is 5.61. The van der Waals surface area contributed by atoms with Crippen LogP contribution in [0, 0.1) is 5.92 Å². The fourth-order valence-electron chi connectivity index (χ4n) is 4.04. The van der Waals surface area contributed by atoms with Gasteiger partial charge in [0, 0.05) is 25.0 Å². The van der Waals surface area contributed by atoms with Crippen molar-refractivity contribution in [3.05, 3.63) is 24.0 Å². The van der Waals surface area contributed by atoms with Crippen LogP contribution >= 0.6 is 0 Å². The smallest absolute Gasteiger partial charge is 0.236 e. The highest BCUT2D eigenvalue weighted by Crippen LogP contribution is 2.31. The van der Waals surface area contributed by atoms with Crippen LogP contribution < -0.4 is 0 Å². The topological polar surface area (TPSA) is 39.3 Å². The first-order valence-electron chi connectivity index (χ1n) is 8.78. The number of amides is 1. The van der Waals surface area contributed by atoms with Crippen LogP contribution in [0.25, 0.3) is 0 Å². The van der Waals surface area contributed by atoms with E-state index in [9.17, 15) is 4.79 Å². The minimum atomic E-state index is 0.290. The molecule has 2 heterocycles. The molecule has 4 nitrogen and oxygen atoms in total. The number of H-pyrrole nitrogens is 1. The number of likely N-dealkylation sites (N-methyl/N-ethyl adjacent to an activating group) is 1. The second-order valence-corrected chi connectivity index (χ2v) is 7.17. The predicted molar refractivity (Wildman–Crippen MR) is 88.5 cm³/mol. The molecule has 1 saturated carbocycles. The number of carbonyl (C=O) groups is 1. The highest BCUT2D eigenvalue weighted by molar-refractivity contribution is 5.78. The minimum Gasteiger partial charge on any atom is -0.364 e. The van der Waals surface area contributed by atoms with Crippen LogP contribution in [0.5, 0.6) is 0 Å². The Bertz CT molecular complexity index is 477. The van der Waals surface area contributed by atoms with Crippen molar-refractivity contribution in [2.45, 2.75) is 57.5 Å². The standard InChI is InChI=1S/C18H29N3O/c1-14-7-9-15(10-8-14)20(2)18(22)13-21-12-4-6-17(21)16-5-3-11-19-16/h3,5,11,14-15,17,19H,4,6-10,12-13H2,1-2H3. The highest BCUT2D eigenvalue weighted by Gasteiger charge is 2.31. The lowest BCUT2D eigenvalue weighted by molar-refractivity contribution is -0.134. The molecule has 122 valence electrons. The summed E-state index contributed by atoms with van der Waals surface area (Å²) in [6.07, 6.45) is 9.17. The number of hydrogen-bond acceptors (Lipinski definition) is 2. The maximum Gasteiger partial charge on any atom is 0.236 e. The van der Waals surface area contributed by atoms with E-state index >= 15 is 0 Å². The molecule has 1 aromatic heterocycles. The Kier molecular flexibility index (Phi) is 4.87. The molecule has 2 fully saturated rings. The number of aromatic nitrogens is 1. The lowest BCUT2D eigenvalue weighted by Crippen LogP contribution is -2.44. The molecule has 1 aromatic rings. The average molecular weight is 303 g/mol. The quantitative estimate of drug-likeness (QED) is 0.928. The fourth-order valence-corrected chi connectivity index (χ4v) is 4.04. The summed E-state index contributed by atoms with van der Waals surface area (Å²) in [5.74, 6) is 1.12. The number of carbonyl (C=O) groups excluding carboxylic acids is 1. The van der Waals surface area contributed by atoms with E-state index in [0.29, 0.717) is 18.6 Å². The van der Waals surface area contributed by atoms with Gasteiger partial charge in [-0.05, 0) is 63.1 Å². The van der Waals surface area contributed by atoms with E-state index in [4.69, 9.17) is 0 Å². The van der Waals surface area contributed by atoms with Crippen molar-refractivity contribution in [3.8, 4) is 0 Å². The van der Waals surface area contributed by atoms with Crippen LogP contribution in [0.2, 0.25) is 0 Å². The van der Waals surface area contributed by atoms with Gasteiger partial charge in [-0.3, -0.25) is 9.69 Å². The number of rotatable bonds is 4. The third-order valence-corrected chi connectivity index (χ3v) is 5.61. The van der Waals surface area contributed by atoms with Crippen molar-refractivity contribution in [3.63, 3.8) is 0 Å². The zero-order chi connectivity index (χ0) is 15.5. The van der Waals surface area contributed by atoms with Gasteiger partial charge in [-0.15, -0.1) is 0 Å². The van der Waals surface area contributed by atoms with Crippen LogP contribution in [-0.4, -0.2) is 46.9 Å². The van der Waals surface area contributed by atoms with Crippen molar-refractivity contribution >= 4 is 5.91 Å². The molecule has 1 aliphatic carbocycles. The summed E-state index contributed by atoms with van der Waals surface area (Å²) in [5.41, 5.74) is 1.25. The summed E-state index contributed by atoms with van der Waals surface area (Å²) in [4.78, 5) is 20.3. The Morgan fingerprint density at radius 2 is 2.09 bits per heavy atom. The van der Waals surface area contributed by atoms with Gasteiger partial charge in [-0.2, -0.15) is 0 Å². The van der Waals surface area contributed by atoms with Crippen molar-refractivity contribution < 1.29 is 4.79 Å². The molecule has 2 aliphatic rings. The van der Waals surface area contributed by atoms with Gasteiger partial charge in [0.2, 0.25) is 5.91 Å². The molecule has 22 heavy (non-hydrogen) atoms. The van der Waals surface area contributed by atoms with Crippen LogP contribution in [-0.2, 0) is 4.79 Å². The van der Waals surface area contributed by atoms with Gasteiger partial charge in [0.15, 0.2) is 0 Å². The Morgan fingerprint density at radius 1 is 1.32 bits per heavy atom. The van der Waals surface area contributed by atoms with E-state index in [1.54, 1.807) is 0 Å². The SMILES string of the molecule is CC1CCC(N(C)C(=O)CN2CCCC2c2ccc[nH]2)CC1. The molecule has 4 heteroatoms. The van der Waals surface area contributed by atoms with Crippen LogP contribution in [0.3, 0.4) is 0 Å². The first kappa shape index (κ1) is 15.6. The average Bonchev–Trinajstić information content (AvgIpc) is 3.18. The molecule has 3 rings (SSSR count). The van der Waals surface area contributed by atoms with E-state index < -0.39 is 0 Å². The second-order valence-electron chi connectivity index (χ2n) is 7.17. The normalized spacial score (nSPS) is 29.6. The summed E-state index contributed by atoms with van der Waals surface area (Å²) < 4.78 is 0. The van der Waals surface area contributed by atoms with E-state index in [1.165, 1.54) is 37.8 Å². The summed E-state index contributed by atoms with van der Waals surface area (Å²) in [5, 5.41) is 0. The van der Waals surface area contributed by atoms with E-state index in [2.05, 4.69) is 22.9 Å². The predicted octanol–water partition coefficient (Wildman–Crippen LogP) is 3.19. The largest absolute Gasteiger partial charge is 0.364 e. The first-order chi connectivity index (χ1) is 10.6. The fraction of sp³-hybridized carbons (Fsp3) is 0.722. The summed E-state index contributed by atoms with van der Waals surface area (Å²) >= 11 is 0. The van der Waals surface area contributed by atoms with Gasteiger partial charge in [0.1, 0.15) is 0 Å². The van der Waals surface area contributed by atoms with Gasteiger partial charge >= 0.3 is 0 Å². The number of aromatic amines is 1. The maximum atomic E-state index is 12.7. The molecular weight excluding hydrogens is 274 g/mol. The number of nitrogens with one attached hydrogen (secondary N) is 1. The lowest BCUT2D eigenvalue weighted by atomic mass is 9.87. The van der Waals surface area contributed by atoms with Gasteiger partial charge in [-0.1, -0.05) is 6.92 Å². The van der Waals surface area contributed by atoms with Crippen LogP contribution in [0.15, 0.2) is 18.3 Å². The van der Waals surface area contributed by atoms with E-state index in [1.807, 2.05) is 24.2 Å². The number of nitrogens with zero attached hydrogens (tertiary/aromatic N) is 2. The van der Waals surface area contributed by atoms with Crippen molar-refractivity contribution in [1.29, 1.82) is 0 Å². The van der Waals surface area contributed by atoms with E-state index in [0.717, 1.165) is 18.9 Å². The van der Waals surface area contributed by atoms with Gasteiger partial charge in [-0.25, -0.2) is 0 Å². The molecule has 0 aromatic carbocycles. The summed E-state index contributed by atoms with van der Waals surface area (Å²) in [6.45, 7) is 3.92. The van der Waals surface area contributed by atoms with E-state index in [-0.39, 0.29) is 5.91 Å². The van der Waals surface area contributed by atoms with Gasteiger partial charge < -0.3 is 9.88 Å². The zero-order valence-electron chi connectivity index (χ0n) is 13.9. The third kappa shape index (κ3) is 3.37. The van der Waals surface area contributed by atoms with Gasteiger partial charge in [0.25, 0.3) is 0 Å². The Hall–Kier alpha value is -1.29. The Labute approximate surface area is 133 Å². The highest BCUT2D eigenvalue weighted by atomic mass is 16.2. The van der Waals surface area contributed by atoms with Crippen LogP contribution in [0.1, 0.15) is 57.2 Å². The molecule has 1 N–H and O–H groups in total. The second kappa shape index (κ2) is 6.86. The first-order valence-corrected chi connectivity index (χ1v) is 8.78. The molecule has 1 atom stereocenters. The van der Waals surface area contributed by atoms with Crippen molar-refractivity contribution in [2.24, 2.45) is 5.92 Å². The zero-order valence-corrected chi connectivity index (χ0v) is 13.9. The monoisotopic (exact) mass is 303 g/mol. The van der Waals surface area contributed by atoms with Crippen LogP contribution in [0.4, 0.5) is 0 Å². The van der Waals surface area contributed by atoms with Crippen molar-refractivity contribution in [1.82, 2.24) is 14.8 Å². The Balaban J connectivity index is 1.56. The summed E-state index contributed by atoms with van der Waals surface area (Å²) in [7, 11) is 2.00.